The fraction of sp³-hybridized carbons (Fsp3) is 0.450. The summed E-state index contributed by atoms with van der Waals surface area (Å²) in [4.78, 5) is 29.1. The van der Waals surface area contributed by atoms with Gasteiger partial charge in [0.2, 0.25) is 0 Å². The number of rotatable bonds is 5. The second-order valence-corrected chi connectivity index (χ2v) is 8.43. The van der Waals surface area contributed by atoms with Crippen LogP contribution in [-0.4, -0.2) is 41.2 Å². The van der Waals surface area contributed by atoms with Gasteiger partial charge in [0.25, 0.3) is 5.91 Å². The van der Waals surface area contributed by atoms with Crippen molar-refractivity contribution in [2.75, 3.05) is 13.1 Å². The van der Waals surface area contributed by atoms with Crippen LogP contribution in [0.5, 0.6) is 5.75 Å². The predicted molar refractivity (Wildman–Crippen MR) is 111 cm³/mol. The second kappa shape index (κ2) is 9.51. The van der Waals surface area contributed by atoms with Gasteiger partial charge < -0.3 is 10.5 Å². The van der Waals surface area contributed by atoms with Crippen LogP contribution >= 0.6 is 11.8 Å². The third-order valence-corrected chi connectivity index (χ3v) is 5.46. The van der Waals surface area contributed by atoms with Gasteiger partial charge in [-0.3, -0.25) is 9.80 Å². The standard InChI is InChI=1S/C20H25FN4O3S/c1-12(2)9-15(22)19(27)28-16-11-14(21)6-5-13(16)10-17-18(26)24-20(29-17)25-8-4-3-7-23-25/h5-6,10-12,15,23H,3-4,7-9,22H2,1-2H3/t15-/m0/s1. The number of hydrazine groups is 1. The fourth-order valence-corrected chi connectivity index (χ4v) is 3.92. The van der Waals surface area contributed by atoms with Crippen molar-refractivity contribution in [2.45, 2.75) is 39.2 Å². The minimum atomic E-state index is -0.804. The number of carbonyl (C=O) groups is 2. The molecule has 29 heavy (non-hydrogen) atoms. The largest absolute Gasteiger partial charge is 0.425 e. The maximum Gasteiger partial charge on any atom is 0.328 e. The molecule has 0 unspecified atom stereocenters. The number of amidine groups is 1. The molecule has 3 rings (SSSR count). The number of esters is 1. The molecule has 1 atom stereocenters. The van der Waals surface area contributed by atoms with E-state index < -0.39 is 17.8 Å². The number of aliphatic imine (C=N–C) groups is 1. The molecule has 2 aliphatic rings. The van der Waals surface area contributed by atoms with Crippen LogP contribution in [0.4, 0.5) is 4.39 Å². The first kappa shape index (κ1) is 21.5. The monoisotopic (exact) mass is 420 g/mol. The average Bonchev–Trinajstić information content (AvgIpc) is 3.04. The lowest BCUT2D eigenvalue weighted by molar-refractivity contribution is -0.136. The summed E-state index contributed by atoms with van der Waals surface area (Å²) in [6, 6.07) is 3.02. The van der Waals surface area contributed by atoms with E-state index in [-0.39, 0.29) is 17.6 Å². The third kappa shape index (κ3) is 5.65. The van der Waals surface area contributed by atoms with E-state index in [0.29, 0.717) is 22.1 Å². The Bertz CT molecular complexity index is 850. The summed E-state index contributed by atoms with van der Waals surface area (Å²) in [5.74, 6) is -1.32. The maximum atomic E-state index is 13.8. The van der Waals surface area contributed by atoms with Crippen molar-refractivity contribution in [1.29, 1.82) is 0 Å². The van der Waals surface area contributed by atoms with Crippen molar-refractivity contribution in [2.24, 2.45) is 16.6 Å². The summed E-state index contributed by atoms with van der Waals surface area (Å²) in [7, 11) is 0. The van der Waals surface area contributed by atoms with Gasteiger partial charge in [-0.2, -0.15) is 4.99 Å². The first-order valence-electron chi connectivity index (χ1n) is 9.64. The molecule has 0 bridgehead atoms. The van der Waals surface area contributed by atoms with E-state index in [9.17, 15) is 14.0 Å². The summed E-state index contributed by atoms with van der Waals surface area (Å²) < 4.78 is 19.1. The van der Waals surface area contributed by atoms with Crippen molar-refractivity contribution in [3.05, 3.63) is 34.5 Å². The molecule has 1 aromatic carbocycles. The SMILES string of the molecule is CC(C)C[C@H](N)C(=O)Oc1cc(F)ccc1C=C1SC(N2CCCCN2)=NC1=O. The number of amides is 1. The molecule has 3 N–H and O–H groups in total. The zero-order valence-electron chi connectivity index (χ0n) is 16.5. The molecular formula is C20H25FN4O3S. The number of hydrogen-bond donors (Lipinski definition) is 2. The highest BCUT2D eigenvalue weighted by atomic mass is 32.2. The van der Waals surface area contributed by atoms with E-state index in [1.165, 1.54) is 23.9 Å². The molecule has 0 aliphatic carbocycles. The van der Waals surface area contributed by atoms with E-state index in [4.69, 9.17) is 10.5 Å². The van der Waals surface area contributed by atoms with Crippen molar-refractivity contribution in [3.8, 4) is 5.75 Å². The summed E-state index contributed by atoms with van der Waals surface area (Å²) in [6.07, 6.45) is 4.12. The van der Waals surface area contributed by atoms with E-state index in [2.05, 4.69) is 10.4 Å². The number of benzene rings is 1. The first-order chi connectivity index (χ1) is 13.8. The fourth-order valence-electron chi connectivity index (χ4n) is 3.01. The molecule has 2 heterocycles. The Balaban J connectivity index is 1.77. The highest BCUT2D eigenvalue weighted by Gasteiger charge is 2.27. The zero-order valence-corrected chi connectivity index (χ0v) is 17.3. The van der Waals surface area contributed by atoms with Crippen LogP contribution in [0.1, 0.15) is 38.7 Å². The van der Waals surface area contributed by atoms with Crippen molar-refractivity contribution >= 4 is 34.9 Å². The van der Waals surface area contributed by atoms with Gasteiger partial charge in [-0.1, -0.05) is 13.8 Å². The van der Waals surface area contributed by atoms with Gasteiger partial charge in [0.15, 0.2) is 5.17 Å². The van der Waals surface area contributed by atoms with Gasteiger partial charge in [0, 0.05) is 24.7 Å². The highest BCUT2D eigenvalue weighted by Crippen LogP contribution is 2.33. The summed E-state index contributed by atoms with van der Waals surface area (Å²) in [5.41, 5.74) is 9.49. The Kier molecular flexibility index (Phi) is 7.05. The van der Waals surface area contributed by atoms with Crippen LogP contribution in [0.25, 0.3) is 6.08 Å². The van der Waals surface area contributed by atoms with Crippen molar-refractivity contribution in [3.63, 3.8) is 0 Å². The Morgan fingerprint density at radius 1 is 1.45 bits per heavy atom. The number of halogens is 1. The quantitative estimate of drug-likeness (QED) is 0.429. The van der Waals surface area contributed by atoms with Gasteiger partial charge in [-0.05, 0) is 55.2 Å². The second-order valence-electron chi connectivity index (χ2n) is 7.42. The summed E-state index contributed by atoms with van der Waals surface area (Å²) >= 11 is 1.23. The third-order valence-electron chi connectivity index (χ3n) is 4.45. The van der Waals surface area contributed by atoms with E-state index in [1.54, 1.807) is 6.08 Å². The average molecular weight is 421 g/mol. The Labute approximate surface area is 173 Å². The zero-order chi connectivity index (χ0) is 21.0. The van der Waals surface area contributed by atoms with Gasteiger partial charge in [-0.15, -0.1) is 0 Å². The molecule has 0 saturated carbocycles. The van der Waals surface area contributed by atoms with Gasteiger partial charge >= 0.3 is 5.97 Å². The molecule has 0 spiro atoms. The summed E-state index contributed by atoms with van der Waals surface area (Å²) in [6.45, 7) is 5.51. The van der Waals surface area contributed by atoms with E-state index in [1.807, 2.05) is 18.9 Å². The molecule has 1 aromatic rings. The van der Waals surface area contributed by atoms with Crippen LogP contribution in [0.15, 0.2) is 28.1 Å². The number of carbonyl (C=O) groups excluding carboxylic acids is 2. The van der Waals surface area contributed by atoms with E-state index >= 15 is 0 Å². The minimum Gasteiger partial charge on any atom is -0.425 e. The Morgan fingerprint density at radius 2 is 2.24 bits per heavy atom. The molecule has 2 aliphatic heterocycles. The number of nitrogens with zero attached hydrogens (tertiary/aromatic N) is 2. The lowest BCUT2D eigenvalue weighted by Crippen LogP contribution is -2.45. The highest BCUT2D eigenvalue weighted by molar-refractivity contribution is 8.18. The molecule has 7 nitrogen and oxygen atoms in total. The topological polar surface area (TPSA) is 97.0 Å². The Morgan fingerprint density at radius 3 is 2.93 bits per heavy atom. The molecule has 9 heteroatoms. The molecule has 1 amide bonds. The molecule has 0 aromatic heterocycles. The lowest BCUT2D eigenvalue weighted by Gasteiger charge is -2.28. The molecular weight excluding hydrogens is 395 g/mol. The van der Waals surface area contributed by atoms with Crippen molar-refractivity contribution < 1.29 is 18.7 Å². The minimum absolute atomic E-state index is 0.0275. The molecule has 0 radical (unpaired) electrons. The molecule has 156 valence electrons. The number of thioether (sulfide) groups is 1. The number of nitrogens with two attached hydrogens (primary N) is 1. The van der Waals surface area contributed by atoms with Crippen LogP contribution < -0.4 is 15.9 Å². The van der Waals surface area contributed by atoms with Crippen molar-refractivity contribution in [1.82, 2.24) is 10.4 Å². The van der Waals surface area contributed by atoms with Crippen LogP contribution in [0.3, 0.4) is 0 Å². The number of ether oxygens (including phenoxy) is 1. The molecule has 1 fully saturated rings. The number of nitrogens with one attached hydrogen (secondary N) is 1. The molecule has 1 saturated heterocycles. The predicted octanol–water partition coefficient (Wildman–Crippen LogP) is 2.68. The Hall–Kier alpha value is -2.23. The van der Waals surface area contributed by atoms with Gasteiger partial charge in [0.1, 0.15) is 17.6 Å². The van der Waals surface area contributed by atoms with Crippen LogP contribution in [0.2, 0.25) is 0 Å². The normalized spacial score (nSPS) is 19.6. The smallest absolute Gasteiger partial charge is 0.328 e. The maximum absolute atomic E-state index is 13.8. The van der Waals surface area contributed by atoms with Gasteiger partial charge in [-0.25, -0.2) is 14.6 Å². The summed E-state index contributed by atoms with van der Waals surface area (Å²) in [5, 5.41) is 2.45. The van der Waals surface area contributed by atoms with Crippen LogP contribution in [0, 0.1) is 11.7 Å². The first-order valence-corrected chi connectivity index (χ1v) is 10.5. The number of hydrogen-bond acceptors (Lipinski definition) is 7. The lowest BCUT2D eigenvalue weighted by atomic mass is 10.0. The van der Waals surface area contributed by atoms with Gasteiger partial charge in [0.05, 0.1) is 4.91 Å². The van der Waals surface area contributed by atoms with E-state index in [0.717, 1.165) is 32.0 Å². The van der Waals surface area contributed by atoms with Crippen LogP contribution in [-0.2, 0) is 9.59 Å².